The number of aromatic nitrogens is 4. The number of hydrogen-bond acceptors (Lipinski definition) is 4. The molecule has 0 saturated carbocycles. The monoisotopic (exact) mass is 634 g/mol. The summed E-state index contributed by atoms with van der Waals surface area (Å²) in [7, 11) is 0. The van der Waals surface area contributed by atoms with Crippen molar-refractivity contribution >= 4 is 75.7 Å². The van der Waals surface area contributed by atoms with Gasteiger partial charge in [0.05, 0.1) is 16.7 Å². The number of hydrogen-bond donors (Lipinski definition) is 0. The average molecular weight is 635 g/mol. The lowest BCUT2D eigenvalue weighted by Crippen LogP contribution is -1.94. The summed E-state index contributed by atoms with van der Waals surface area (Å²) < 4.78 is 0. The van der Waals surface area contributed by atoms with Gasteiger partial charge >= 0.3 is 0 Å². The van der Waals surface area contributed by atoms with Gasteiger partial charge in [-0.15, -0.1) is 0 Å². The molecule has 0 bridgehead atoms. The molecule has 0 fully saturated rings. The van der Waals surface area contributed by atoms with Crippen molar-refractivity contribution in [3.63, 3.8) is 0 Å². The van der Waals surface area contributed by atoms with Crippen molar-refractivity contribution in [1.29, 1.82) is 0 Å². The van der Waals surface area contributed by atoms with Crippen LogP contribution in [0.15, 0.2) is 158 Å². The molecule has 4 nitrogen and oxygen atoms in total. The minimum atomic E-state index is 0.712. The zero-order valence-corrected chi connectivity index (χ0v) is 26.8. The number of benzene rings is 8. The van der Waals surface area contributed by atoms with Crippen molar-refractivity contribution in [2.75, 3.05) is 0 Å². The molecule has 0 spiro atoms. The molecule has 230 valence electrons. The first-order chi connectivity index (χ1) is 24.8. The van der Waals surface area contributed by atoms with Gasteiger partial charge in [-0.1, -0.05) is 109 Å². The molecule has 8 aromatic carbocycles. The molecule has 0 radical (unpaired) electrons. The third-order valence-corrected chi connectivity index (χ3v) is 10.4. The minimum absolute atomic E-state index is 0.712. The molecule has 4 heteroatoms. The van der Waals surface area contributed by atoms with Crippen molar-refractivity contribution in [3.8, 4) is 33.8 Å². The molecular weight excluding hydrogens is 609 g/mol. The highest BCUT2D eigenvalue weighted by atomic mass is 14.9. The number of rotatable bonds is 3. The Morgan fingerprint density at radius 1 is 0.320 bits per heavy atom. The van der Waals surface area contributed by atoms with E-state index >= 15 is 0 Å². The summed E-state index contributed by atoms with van der Waals surface area (Å²) in [5.74, 6) is 0.712. The van der Waals surface area contributed by atoms with Gasteiger partial charge in [0, 0.05) is 40.5 Å². The lowest BCUT2D eigenvalue weighted by Gasteiger charge is -2.18. The lowest BCUT2D eigenvalue weighted by molar-refractivity contribution is 1.18. The van der Waals surface area contributed by atoms with Crippen molar-refractivity contribution in [2.45, 2.75) is 0 Å². The SMILES string of the molecule is c1cnc(-c2ccc(-c3ccc4cc(-c5ccc6c7cccc8cccc(c9cccc5c96)c87)c5cccnc5c4n3)c3ccccc23)nc1. The van der Waals surface area contributed by atoms with E-state index in [0.717, 1.165) is 55.0 Å². The van der Waals surface area contributed by atoms with Crippen LogP contribution in [0.2, 0.25) is 0 Å². The second kappa shape index (κ2) is 10.4. The smallest absolute Gasteiger partial charge is 0.159 e. The lowest BCUT2D eigenvalue weighted by atomic mass is 9.86. The predicted molar refractivity (Wildman–Crippen MR) is 208 cm³/mol. The minimum Gasteiger partial charge on any atom is -0.254 e. The van der Waals surface area contributed by atoms with Crippen molar-refractivity contribution in [1.82, 2.24) is 19.9 Å². The van der Waals surface area contributed by atoms with Crippen molar-refractivity contribution in [3.05, 3.63) is 158 Å². The van der Waals surface area contributed by atoms with E-state index in [1.807, 2.05) is 18.3 Å². The van der Waals surface area contributed by atoms with Crippen LogP contribution in [0.5, 0.6) is 0 Å². The quantitative estimate of drug-likeness (QED) is 0.143. The summed E-state index contributed by atoms with van der Waals surface area (Å²) in [6.45, 7) is 0. The number of pyridine rings is 2. The van der Waals surface area contributed by atoms with Crippen molar-refractivity contribution < 1.29 is 0 Å². The molecule has 3 heterocycles. The summed E-state index contributed by atoms with van der Waals surface area (Å²) in [5.41, 5.74) is 7.13. The summed E-state index contributed by atoms with van der Waals surface area (Å²) in [6, 6.07) is 50.0. The molecule has 3 aromatic heterocycles. The Labute approximate surface area is 286 Å². The van der Waals surface area contributed by atoms with Gasteiger partial charge in [0.25, 0.3) is 0 Å². The maximum Gasteiger partial charge on any atom is 0.159 e. The van der Waals surface area contributed by atoms with E-state index in [2.05, 4.69) is 137 Å². The maximum absolute atomic E-state index is 5.33. The third kappa shape index (κ3) is 3.81. The third-order valence-electron chi connectivity index (χ3n) is 10.4. The van der Waals surface area contributed by atoms with Crippen LogP contribution in [0, 0.1) is 0 Å². The van der Waals surface area contributed by atoms with Crippen LogP contribution >= 0.6 is 0 Å². The van der Waals surface area contributed by atoms with Gasteiger partial charge in [-0.25, -0.2) is 15.0 Å². The van der Waals surface area contributed by atoms with Gasteiger partial charge in [0.1, 0.15) is 0 Å². The summed E-state index contributed by atoms with van der Waals surface area (Å²) in [6.07, 6.45) is 5.44. The maximum atomic E-state index is 5.33. The second-order valence-corrected chi connectivity index (χ2v) is 13.0. The Bertz CT molecular complexity index is 3100. The Hall–Kier alpha value is -6.78. The van der Waals surface area contributed by atoms with Gasteiger partial charge < -0.3 is 0 Å². The highest BCUT2D eigenvalue weighted by Gasteiger charge is 2.19. The number of fused-ring (bicyclic) bond motifs is 6. The topological polar surface area (TPSA) is 51.6 Å². The van der Waals surface area contributed by atoms with E-state index in [0.29, 0.717) is 5.82 Å². The van der Waals surface area contributed by atoms with Gasteiger partial charge in [0.2, 0.25) is 0 Å². The first-order valence-electron chi connectivity index (χ1n) is 16.9. The van der Waals surface area contributed by atoms with Crippen LogP contribution in [0.4, 0.5) is 0 Å². The van der Waals surface area contributed by atoms with Crippen LogP contribution in [0.25, 0.3) is 109 Å². The first kappa shape index (κ1) is 27.2. The molecule has 0 aliphatic rings. The molecule has 0 N–H and O–H groups in total. The van der Waals surface area contributed by atoms with Crippen LogP contribution in [0.1, 0.15) is 0 Å². The fourth-order valence-corrected chi connectivity index (χ4v) is 8.23. The molecule has 0 saturated heterocycles. The first-order valence-corrected chi connectivity index (χ1v) is 16.9. The average Bonchev–Trinajstić information content (AvgIpc) is 3.19. The largest absolute Gasteiger partial charge is 0.254 e. The Morgan fingerprint density at radius 3 is 1.76 bits per heavy atom. The summed E-state index contributed by atoms with van der Waals surface area (Å²) >= 11 is 0. The van der Waals surface area contributed by atoms with Crippen LogP contribution in [-0.2, 0) is 0 Å². The second-order valence-electron chi connectivity index (χ2n) is 13.0. The Morgan fingerprint density at radius 2 is 0.940 bits per heavy atom. The molecule has 0 unspecified atom stereocenters. The molecule has 11 rings (SSSR count). The Kier molecular flexibility index (Phi) is 5.63. The standard InChI is InChI=1S/C46H26N4/c1-2-11-30-29(10-1)32(19-21-39(30)46-48-24-7-25-49-46)41-22-17-28-26-40(38-16-6-23-47-45(38)44(28)50-41)31-18-20-37-35-13-4-9-27-8-3-12-34(42(27)35)36-15-5-14-33(31)43(36)37/h1-26H. The molecule has 0 amide bonds. The van der Waals surface area contributed by atoms with Crippen LogP contribution < -0.4 is 0 Å². The Balaban J connectivity index is 1.15. The highest BCUT2D eigenvalue weighted by Crippen LogP contribution is 2.45. The molecular formula is C46H26N4. The van der Waals surface area contributed by atoms with Gasteiger partial charge in [-0.05, 0) is 95.3 Å². The predicted octanol–water partition coefficient (Wildman–Crippen LogP) is 11.8. The highest BCUT2D eigenvalue weighted by molar-refractivity contribution is 6.34. The molecule has 0 atom stereocenters. The van der Waals surface area contributed by atoms with Gasteiger partial charge in [0.15, 0.2) is 5.82 Å². The fourth-order valence-electron chi connectivity index (χ4n) is 8.23. The molecule has 0 aliphatic carbocycles. The van der Waals surface area contributed by atoms with E-state index in [4.69, 9.17) is 9.97 Å². The summed E-state index contributed by atoms with van der Waals surface area (Å²) in [5, 5.41) is 14.7. The zero-order valence-electron chi connectivity index (χ0n) is 26.8. The van der Waals surface area contributed by atoms with Gasteiger partial charge in [-0.2, -0.15) is 0 Å². The normalized spacial score (nSPS) is 12.0. The fraction of sp³-hybridized carbons (Fsp3) is 0. The molecule has 0 aliphatic heterocycles. The van der Waals surface area contributed by atoms with E-state index in [9.17, 15) is 0 Å². The molecule has 50 heavy (non-hydrogen) atoms. The zero-order chi connectivity index (χ0) is 32.8. The van der Waals surface area contributed by atoms with E-state index < -0.39 is 0 Å². The van der Waals surface area contributed by atoms with Crippen molar-refractivity contribution in [2.24, 2.45) is 0 Å². The van der Waals surface area contributed by atoms with E-state index in [1.165, 1.54) is 48.7 Å². The van der Waals surface area contributed by atoms with Crippen LogP contribution in [-0.4, -0.2) is 19.9 Å². The summed E-state index contributed by atoms with van der Waals surface area (Å²) in [4.78, 5) is 19.4. The molecule has 11 aromatic rings. The van der Waals surface area contributed by atoms with Crippen LogP contribution in [0.3, 0.4) is 0 Å². The van der Waals surface area contributed by atoms with E-state index in [-0.39, 0.29) is 0 Å². The van der Waals surface area contributed by atoms with E-state index in [1.54, 1.807) is 12.4 Å². The van der Waals surface area contributed by atoms with Gasteiger partial charge in [-0.3, -0.25) is 4.98 Å². The number of nitrogens with zero attached hydrogens (tertiary/aromatic N) is 4.